The number of ether oxygens (including phenoxy) is 2. The Balaban J connectivity index is 2.55. The summed E-state index contributed by atoms with van der Waals surface area (Å²) >= 11 is 3.44. The van der Waals surface area contributed by atoms with E-state index in [2.05, 4.69) is 15.9 Å². The lowest BCUT2D eigenvalue weighted by Gasteiger charge is -2.22. The minimum Gasteiger partial charge on any atom is -0.486 e. The number of hydrogen-bond donors (Lipinski definition) is 0. The van der Waals surface area contributed by atoms with Crippen molar-refractivity contribution in [3.63, 3.8) is 0 Å². The van der Waals surface area contributed by atoms with E-state index < -0.39 is 9.05 Å². The summed E-state index contributed by atoms with van der Waals surface area (Å²) in [5.41, 5.74) is 1.52. The van der Waals surface area contributed by atoms with Crippen molar-refractivity contribution in [1.82, 2.24) is 0 Å². The van der Waals surface area contributed by atoms with Crippen molar-refractivity contribution in [2.75, 3.05) is 13.2 Å². The molecule has 0 fully saturated rings. The molecule has 2 rings (SSSR count). The first-order chi connectivity index (χ1) is 8.42. The summed E-state index contributed by atoms with van der Waals surface area (Å²) in [6.07, 6.45) is 0.680. The van der Waals surface area contributed by atoms with Crippen molar-refractivity contribution in [1.29, 1.82) is 0 Å². The highest BCUT2D eigenvalue weighted by atomic mass is 79.9. The fourth-order valence-corrected chi connectivity index (χ4v) is 3.76. The third-order valence-corrected chi connectivity index (χ3v) is 4.47. The average Bonchev–Trinajstić information content (AvgIpc) is 2.27. The molecule has 0 N–H and O–H groups in total. The first-order valence-electron chi connectivity index (χ1n) is 5.44. The van der Waals surface area contributed by atoms with Gasteiger partial charge in [-0.15, -0.1) is 0 Å². The minimum absolute atomic E-state index is 0.215. The van der Waals surface area contributed by atoms with Gasteiger partial charge in [0.25, 0.3) is 0 Å². The van der Waals surface area contributed by atoms with E-state index in [0.717, 1.165) is 10.0 Å². The number of hydrogen-bond acceptors (Lipinski definition) is 4. The summed E-state index contributed by atoms with van der Waals surface area (Å²) in [6.45, 7) is 2.89. The quantitative estimate of drug-likeness (QED) is 0.782. The van der Waals surface area contributed by atoms with Crippen LogP contribution >= 0.6 is 26.6 Å². The predicted molar refractivity (Wildman–Crippen MR) is 73.0 cm³/mol. The van der Waals surface area contributed by atoms with Crippen LogP contribution in [0, 0.1) is 0 Å². The van der Waals surface area contributed by atoms with Gasteiger partial charge in [0.05, 0.1) is 10.2 Å². The normalized spacial score (nSPS) is 14.6. The number of fused-ring (bicyclic) bond motifs is 1. The third-order valence-electron chi connectivity index (χ3n) is 2.65. The van der Waals surface area contributed by atoms with Gasteiger partial charge in [-0.2, -0.15) is 0 Å². The molecule has 0 saturated carbocycles. The van der Waals surface area contributed by atoms with E-state index in [4.69, 9.17) is 20.2 Å². The van der Waals surface area contributed by atoms with Crippen LogP contribution in [0.1, 0.15) is 18.1 Å². The van der Waals surface area contributed by atoms with Crippen LogP contribution in [-0.4, -0.2) is 21.6 Å². The van der Waals surface area contributed by atoms with Gasteiger partial charge < -0.3 is 9.47 Å². The molecule has 0 aromatic heterocycles. The lowest BCUT2D eigenvalue weighted by Crippen LogP contribution is -2.17. The Morgan fingerprint density at radius 1 is 1.39 bits per heavy atom. The second-order valence-corrected chi connectivity index (χ2v) is 7.46. The van der Waals surface area contributed by atoms with E-state index in [0.29, 0.717) is 36.7 Å². The molecule has 0 spiro atoms. The first kappa shape index (κ1) is 14.0. The molecule has 0 unspecified atom stereocenters. The predicted octanol–water partition coefficient (Wildman–Crippen LogP) is 2.85. The Morgan fingerprint density at radius 3 is 2.67 bits per heavy atom. The Labute approximate surface area is 119 Å². The monoisotopic (exact) mass is 354 g/mol. The van der Waals surface area contributed by atoms with Gasteiger partial charge >= 0.3 is 0 Å². The summed E-state index contributed by atoms with van der Waals surface area (Å²) < 4.78 is 34.2. The lowest BCUT2D eigenvalue weighted by molar-refractivity contribution is 0.170. The molecule has 0 amide bonds. The maximum absolute atomic E-state index is 11.2. The zero-order valence-electron chi connectivity index (χ0n) is 9.70. The Kier molecular flexibility index (Phi) is 4.08. The van der Waals surface area contributed by atoms with Crippen LogP contribution in [0.2, 0.25) is 0 Å². The second kappa shape index (κ2) is 5.27. The molecule has 0 bridgehead atoms. The van der Waals surface area contributed by atoms with E-state index in [9.17, 15) is 8.42 Å². The maximum Gasteiger partial charge on any atom is 0.236 e. The molecule has 0 radical (unpaired) electrons. The molecule has 0 aliphatic carbocycles. The molecule has 100 valence electrons. The molecule has 0 saturated heterocycles. The highest BCUT2D eigenvalue weighted by Gasteiger charge is 2.22. The van der Waals surface area contributed by atoms with Gasteiger partial charge in [-0.05, 0) is 39.5 Å². The van der Waals surface area contributed by atoms with Crippen molar-refractivity contribution in [2.45, 2.75) is 19.1 Å². The van der Waals surface area contributed by atoms with Crippen molar-refractivity contribution >= 4 is 35.7 Å². The molecular weight excluding hydrogens is 344 g/mol. The maximum atomic E-state index is 11.2. The lowest BCUT2D eigenvalue weighted by atomic mass is 10.1. The van der Waals surface area contributed by atoms with Gasteiger partial charge in [0.2, 0.25) is 9.05 Å². The van der Waals surface area contributed by atoms with E-state index >= 15 is 0 Å². The molecule has 4 nitrogen and oxygen atoms in total. The van der Waals surface area contributed by atoms with Crippen molar-refractivity contribution in [3.8, 4) is 11.5 Å². The molecule has 1 aromatic rings. The standard InChI is InChI=1S/C11H12BrClO4S/c1-2-8-7(6-18(13,14)15)5-9-11(10(8)12)17-4-3-16-9/h5H,2-4,6H2,1H3. The molecule has 18 heavy (non-hydrogen) atoms. The third kappa shape index (κ3) is 2.92. The van der Waals surface area contributed by atoms with Crippen LogP contribution in [0.3, 0.4) is 0 Å². The molecular formula is C11H12BrClO4S. The van der Waals surface area contributed by atoms with Crippen LogP contribution in [0.15, 0.2) is 10.5 Å². The van der Waals surface area contributed by atoms with Gasteiger partial charge in [0, 0.05) is 10.7 Å². The van der Waals surface area contributed by atoms with Gasteiger partial charge in [-0.3, -0.25) is 0 Å². The van der Waals surface area contributed by atoms with Crippen LogP contribution in [0.4, 0.5) is 0 Å². The summed E-state index contributed by atoms with van der Waals surface area (Å²) in [4.78, 5) is 0. The first-order valence-corrected chi connectivity index (χ1v) is 8.71. The van der Waals surface area contributed by atoms with Crippen molar-refractivity contribution in [3.05, 3.63) is 21.7 Å². The van der Waals surface area contributed by atoms with Gasteiger partial charge in [0.1, 0.15) is 13.2 Å². The second-order valence-electron chi connectivity index (χ2n) is 3.89. The Morgan fingerprint density at radius 2 is 2.06 bits per heavy atom. The summed E-state index contributed by atoms with van der Waals surface area (Å²) in [5, 5.41) is 0. The fraction of sp³-hybridized carbons (Fsp3) is 0.455. The van der Waals surface area contributed by atoms with Gasteiger partial charge in [-0.1, -0.05) is 6.92 Å². The molecule has 1 aromatic carbocycles. The summed E-state index contributed by atoms with van der Waals surface area (Å²) in [7, 11) is 1.72. The summed E-state index contributed by atoms with van der Waals surface area (Å²) in [6, 6.07) is 1.69. The smallest absolute Gasteiger partial charge is 0.236 e. The highest BCUT2D eigenvalue weighted by molar-refractivity contribution is 9.10. The molecule has 1 heterocycles. The van der Waals surface area contributed by atoms with Crippen molar-refractivity contribution < 1.29 is 17.9 Å². The molecule has 7 heteroatoms. The average molecular weight is 356 g/mol. The van der Waals surface area contributed by atoms with E-state index in [1.54, 1.807) is 6.07 Å². The fourth-order valence-electron chi connectivity index (χ4n) is 1.93. The zero-order valence-corrected chi connectivity index (χ0v) is 12.9. The van der Waals surface area contributed by atoms with Crippen LogP contribution in [0.25, 0.3) is 0 Å². The molecule has 0 atom stereocenters. The van der Waals surface area contributed by atoms with Crippen molar-refractivity contribution in [2.24, 2.45) is 0 Å². The van der Waals surface area contributed by atoms with E-state index in [1.807, 2.05) is 6.92 Å². The van der Waals surface area contributed by atoms with E-state index in [1.165, 1.54) is 0 Å². The number of halogens is 2. The SMILES string of the molecule is CCc1c(CS(=O)(=O)Cl)cc2c(c1Br)OCCO2. The minimum atomic E-state index is -3.60. The Hall–Kier alpha value is -0.460. The van der Waals surface area contributed by atoms with E-state index in [-0.39, 0.29) is 5.75 Å². The Bertz CT molecular complexity index is 571. The number of benzene rings is 1. The van der Waals surface area contributed by atoms with Gasteiger partial charge in [0.15, 0.2) is 11.5 Å². The molecule has 1 aliphatic heterocycles. The molecule has 1 aliphatic rings. The van der Waals surface area contributed by atoms with Crippen LogP contribution in [-0.2, 0) is 21.2 Å². The van der Waals surface area contributed by atoms with Gasteiger partial charge in [-0.25, -0.2) is 8.42 Å². The van der Waals surface area contributed by atoms with Crippen LogP contribution < -0.4 is 9.47 Å². The number of rotatable bonds is 3. The zero-order chi connectivity index (χ0) is 13.3. The largest absolute Gasteiger partial charge is 0.486 e. The summed E-state index contributed by atoms with van der Waals surface area (Å²) in [5.74, 6) is 0.974. The highest BCUT2D eigenvalue weighted by Crippen LogP contribution is 2.42. The van der Waals surface area contributed by atoms with Crippen LogP contribution in [0.5, 0.6) is 11.5 Å². The topological polar surface area (TPSA) is 52.6 Å².